The Morgan fingerprint density at radius 3 is 2.71 bits per heavy atom. The molecule has 142 valence electrons. The monoisotopic (exact) mass is 374 g/mol. The van der Waals surface area contributed by atoms with Crippen molar-refractivity contribution in [1.82, 2.24) is 15.0 Å². The van der Waals surface area contributed by atoms with Crippen molar-refractivity contribution < 1.29 is 4.42 Å². The molecule has 0 aliphatic heterocycles. The van der Waals surface area contributed by atoms with Crippen LogP contribution in [-0.2, 0) is 6.42 Å². The molecule has 4 rings (SSSR count). The molecule has 3 aromatic heterocycles. The van der Waals surface area contributed by atoms with Crippen LogP contribution >= 0.6 is 0 Å². The lowest BCUT2D eigenvalue weighted by atomic mass is 10.2. The molecule has 0 aliphatic carbocycles. The zero-order valence-electron chi connectivity index (χ0n) is 16.1. The highest BCUT2D eigenvalue weighted by Crippen LogP contribution is 2.29. The fourth-order valence-electron chi connectivity index (χ4n) is 3.16. The number of nitrogens with one attached hydrogen (secondary N) is 1. The number of para-hydroxylation sites is 1. The number of aromatic amines is 1. The molecule has 4 aromatic rings. The van der Waals surface area contributed by atoms with Crippen molar-refractivity contribution in [3.63, 3.8) is 0 Å². The molecular formula is C22H22N4O2. The molecule has 0 bridgehead atoms. The average Bonchev–Trinajstić information content (AvgIpc) is 3.16. The summed E-state index contributed by atoms with van der Waals surface area (Å²) in [5.41, 5.74) is 2.27. The molecule has 1 N–H and O–H groups in total. The average molecular weight is 374 g/mol. The SMILES string of the molecule is CCc1cc(=O)[nH]c(-c2ccc(N(C)C(C)c3cc4ccccc4o3)nc2)n1. The van der Waals surface area contributed by atoms with Crippen LogP contribution in [-0.4, -0.2) is 22.0 Å². The number of hydrogen-bond donors (Lipinski definition) is 1. The predicted octanol–water partition coefficient (Wildman–Crippen LogP) is 4.34. The van der Waals surface area contributed by atoms with Crippen molar-refractivity contribution in [2.45, 2.75) is 26.3 Å². The highest BCUT2D eigenvalue weighted by molar-refractivity contribution is 5.78. The Morgan fingerprint density at radius 2 is 2.00 bits per heavy atom. The van der Waals surface area contributed by atoms with Gasteiger partial charge in [-0.1, -0.05) is 25.1 Å². The van der Waals surface area contributed by atoms with Crippen molar-refractivity contribution in [3.05, 3.63) is 76.5 Å². The van der Waals surface area contributed by atoms with E-state index in [1.54, 1.807) is 6.20 Å². The van der Waals surface area contributed by atoms with Crippen LogP contribution in [0.4, 0.5) is 5.82 Å². The van der Waals surface area contributed by atoms with Gasteiger partial charge < -0.3 is 14.3 Å². The summed E-state index contributed by atoms with van der Waals surface area (Å²) in [6, 6.07) is 15.4. The molecule has 0 aliphatic rings. The van der Waals surface area contributed by atoms with Gasteiger partial charge in [0.25, 0.3) is 5.56 Å². The maximum Gasteiger partial charge on any atom is 0.251 e. The van der Waals surface area contributed by atoms with E-state index in [-0.39, 0.29) is 11.6 Å². The summed E-state index contributed by atoms with van der Waals surface area (Å²) in [6.45, 7) is 4.05. The first-order valence-electron chi connectivity index (χ1n) is 9.33. The van der Waals surface area contributed by atoms with Gasteiger partial charge in [-0.25, -0.2) is 9.97 Å². The Morgan fingerprint density at radius 1 is 1.18 bits per heavy atom. The van der Waals surface area contributed by atoms with Crippen molar-refractivity contribution in [1.29, 1.82) is 0 Å². The molecule has 1 atom stereocenters. The lowest BCUT2D eigenvalue weighted by molar-refractivity contribution is 0.500. The summed E-state index contributed by atoms with van der Waals surface area (Å²) >= 11 is 0. The first-order chi connectivity index (χ1) is 13.5. The zero-order valence-corrected chi connectivity index (χ0v) is 16.1. The minimum Gasteiger partial charge on any atom is -0.459 e. The van der Waals surface area contributed by atoms with E-state index in [2.05, 4.69) is 32.8 Å². The zero-order chi connectivity index (χ0) is 19.7. The number of furan rings is 1. The number of fused-ring (bicyclic) bond motifs is 1. The van der Waals surface area contributed by atoms with Crippen molar-refractivity contribution in [2.75, 3.05) is 11.9 Å². The topological polar surface area (TPSA) is 75.0 Å². The van der Waals surface area contributed by atoms with Crippen LogP contribution in [0.25, 0.3) is 22.4 Å². The number of pyridine rings is 1. The molecule has 0 radical (unpaired) electrons. The van der Waals surface area contributed by atoms with Crippen LogP contribution in [0, 0.1) is 0 Å². The molecule has 28 heavy (non-hydrogen) atoms. The van der Waals surface area contributed by atoms with Crippen LogP contribution < -0.4 is 10.5 Å². The van der Waals surface area contributed by atoms with E-state index in [4.69, 9.17) is 4.42 Å². The quantitative estimate of drug-likeness (QED) is 0.562. The minimum atomic E-state index is -0.151. The second-order valence-electron chi connectivity index (χ2n) is 6.82. The van der Waals surface area contributed by atoms with Gasteiger partial charge in [0.1, 0.15) is 23.0 Å². The van der Waals surface area contributed by atoms with Gasteiger partial charge >= 0.3 is 0 Å². The van der Waals surface area contributed by atoms with Gasteiger partial charge in [-0.15, -0.1) is 0 Å². The fourth-order valence-corrected chi connectivity index (χ4v) is 3.16. The molecule has 0 saturated carbocycles. The van der Waals surface area contributed by atoms with Crippen LogP contribution in [0.3, 0.4) is 0 Å². The lowest BCUT2D eigenvalue weighted by Gasteiger charge is -2.24. The van der Waals surface area contributed by atoms with E-state index in [1.165, 1.54) is 6.07 Å². The lowest BCUT2D eigenvalue weighted by Crippen LogP contribution is -2.22. The molecule has 6 heteroatoms. The van der Waals surface area contributed by atoms with Crippen LogP contribution in [0.15, 0.2) is 63.9 Å². The second kappa shape index (κ2) is 7.31. The van der Waals surface area contributed by atoms with Gasteiger partial charge in [0, 0.05) is 36.0 Å². The van der Waals surface area contributed by atoms with Crippen molar-refractivity contribution in [3.8, 4) is 11.4 Å². The number of aromatic nitrogens is 3. The van der Waals surface area contributed by atoms with Crippen LogP contribution in [0.2, 0.25) is 0 Å². The number of anilines is 1. The summed E-state index contributed by atoms with van der Waals surface area (Å²) in [7, 11) is 1.98. The number of hydrogen-bond acceptors (Lipinski definition) is 5. The first kappa shape index (κ1) is 18.0. The number of nitrogens with zero attached hydrogens (tertiary/aromatic N) is 3. The van der Waals surface area contributed by atoms with Gasteiger partial charge in [-0.3, -0.25) is 4.79 Å². The van der Waals surface area contributed by atoms with E-state index in [1.807, 2.05) is 50.4 Å². The van der Waals surface area contributed by atoms with Gasteiger partial charge in [-0.05, 0) is 37.6 Å². The molecule has 0 fully saturated rings. The van der Waals surface area contributed by atoms with Gasteiger partial charge in [0.2, 0.25) is 0 Å². The van der Waals surface area contributed by atoms with Gasteiger partial charge in [0.05, 0.1) is 6.04 Å². The largest absolute Gasteiger partial charge is 0.459 e. The van der Waals surface area contributed by atoms with Gasteiger partial charge in [0.15, 0.2) is 0 Å². The van der Waals surface area contributed by atoms with Crippen LogP contribution in [0.5, 0.6) is 0 Å². The standard InChI is InChI=1S/C22H22N4O2/c1-4-17-12-21(27)25-22(24-17)16-9-10-20(23-13-16)26(3)14(2)19-11-15-7-5-6-8-18(15)28-19/h5-14H,4H2,1-3H3,(H,24,25,27). The van der Waals surface area contributed by atoms with E-state index in [9.17, 15) is 4.79 Å². The normalized spacial score (nSPS) is 12.2. The molecule has 3 heterocycles. The Kier molecular flexibility index (Phi) is 4.69. The Hall–Kier alpha value is -3.41. The van der Waals surface area contributed by atoms with E-state index in [0.29, 0.717) is 12.2 Å². The Labute approximate surface area is 162 Å². The summed E-state index contributed by atoms with van der Waals surface area (Å²) < 4.78 is 5.99. The fraction of sp³-hybridized carbons (Fsp3) is 0.227. The number of benzene rings is 1. The molecule has 1 unspecified atom stereocenters. The number of rotatable bonds is 5. The summed E-state index contributed by atoms with van der Waals surface area (Å²) in [5.74, 6) is 2.23. The minimum absolute atomic E-state index is 0.0205. The van der Waals surface area contributed by atoms with Gasteiger partial charge in [-0.2, -0.15) is 0 Å². The predicted molar refractivity (Wildman–Crippen MR) is 110 cm³/mol. The maximum atomic E-state index is 11.8. The number of aryl methyl sites for hydroxylation is 1. The highest BCUT2D eigenvalue weighted by Gasteiger charge is 2.18. The van der Waals surface area contributed by atoms with E-state index < -0.39 is 0 Å². The summed E-state index contributed by atoms with van der Waals surface area (Å²) in [6.07, 6.45) is 2.44. The third-order valence-corrected chi connectivity index (χ3v) is 4.98. The second-order valence-corrected chi connectivity index (χ2v) is 6.82. The molecule has 0 amide bonds. The molecule has 1 aromatic carbocycles. The highest BCUT2D eigenvalue weighted by atomic mass is 16.3. The number of H-pyrrole nitrogens is 1. The molecule has 6 nitrogen and oxygen atoms in total. The molecular weight excluding hydrogens is 352 g/mol. The Balaban J connectivity index is 1.59. The smallest absolute Gasteiger partial charge is 0.251 e. The first-order valence-corrected chi connectivity index (χ1v) is 9.33. The van der Waals surface area contributed by atoms with Crippen molar-refractivity contribution in [2.24, 2.45) is 0 Å². The van der Waals surface area contributed by atoms with Crippen molar-refractivity contribution >= 4 is 16.8 Å². The molecule has 0 spiro atoms. The maximum absolute atomic E-state index is 11.8. The van der Waals surface area contributed by atoms with E-state index in [0.717, 1.165) is 33.8 Å². The summed E-state index contributed by atoms with van der Waals surface area (Å²) in [4.78, 5) is 25.7. The van der Waals surface area contributed by atoms with E-state index >= 15 is 0 Å². The summed E-state index contributed by atoms with van der Waals surface area (Å²) in [5, 5.41) is 1.09. The third-order valence-electron chi connectivity index (χ3n) is 4.98. The third kappa shape index (κ3) is 3.41. The molecule has 0 saturated heterocycles. The van der Waals surface area contributed by atoms with Crippen LogP contribution in [0.1, 0.15) is 31.3 Å². The Bertz CT molecular complexity index is 1130.